The van der Waals surface area contributed by atoms with Crippen molar-refractivity contribution in [2.45, 2.75) is 32.7 Å². The average Bonchev–Trinajstić information content (AvgIpc) is 2.95. The highest BCUT2D eigenvalue weighted by atomic mass is 16.5. The molecule has 0 spiro atoms. The number of aryl methyl sites for hydroxylation is 2. The Hall–Kier alpha value is -1.69. The van der Waals surface area contributed by atoms with Crippen LogP contribution in [0.5, 0.6) is 0 Å². The third-order valence-corrected chi connectivity index (χ3v) is 2.75. The van der Waals surface area contributed by atoms with E-state index >= 15 is 0 Å². The van der Waals surface area contributed by atoms with Crippen molar-refractivity contribution in [2.24, 2.45) is 7.05 Å². The molecule has 98 valence electrons. The maximum atomic E-state index is 5.22. The van der Waals surface area contributed by atoms with Crippen LogP contribution in [-0.2, 0) is 13.5 Å². The first-order chi connectivity index (χ1) is 8.69. The predicted octanol–water partition coefficient (Wildman–Crippen LogP) is 1.40. The lowest BCUT2D eigenvalue weighted by atomic mass is 10.2. The first-order valence-corrected chi connectivity index (χ1v) is 6.25. The van der Waals surface area contributed by atoms with E-state index in [1.165, 1.54) is 0 Å². The molecule has 0 aliphatic carbocycles. The fourth-order valence-corrected chi connectivity index (χ4v) is 1.79. The van der Waals surface area contributed by atoms with Gasteiger partial charge < -0.3 is 9.84 Å². The normalized spacial score (nSPS) is 12.8. The number of hydrogen-bond donors (Lipinski definition) is 1. The molecule has 1 atom stereocenters. The van der Waals surface area contributed by atoms with Crippen LogP contribution in [0.3, 0.4) is 0 Å². The highest BCUT2D eigenvalue weighted by Crippen LogP contribution is 2.13. The highest BCUT2D eigenvalue weighted by Gasteiger charge is 2.11. The summed E-state index contributed by atoms with van der Waals surface area (Å²) in [4.78, 5) is 4.34. The van der Waals surface area contributed by atoms with E-state index in [1.807, 2.05) is 19.3 Å². The SMILES string of the molecule is CCNC(C)CCc1nc(-c2ccn(C)n2)no1. The minimum Gasteiger partial charge on any atom is -0.339 e. The van der Waals surface area contributed by atoms with Gasteiger partial charge in [0.15, 0.2) is 0 Å². The van der Waals surface area contributed by atoms with Crippen molar-refractivity contribution in [3.63, 3.8) is 0 Å². The van der Waals surface area contributed by atoms with E-state index in [0.29, 0.717) is 17.8 Å². The van der Waals surface area contributed by atoms with Crippen molar-refractivity contribution in [3.05, 3.63) is 18.2 Å². The van der Waals surface area contributed by atoms with Gasteiger partial charge in [-0.25, -0.2) is 0 Å². The van der Waals surface area contributed by atoms with Gasteiger partial charge in [-0.1, -0.05) is 12.1 Å². The smallest absolute Gasteiger partial charge is 0.227 e. The van der Waals surface area contributed by atoms with Gasteiger partial charge >= 0.3 is 0 Å². The van der Waals surface area contributed by atoms with Crippen LogP contribution in [0.1, 0.15) is 26.2 Å². The number of aromatic nitrogens is 4. The van der Waals surface area contributed by atoms with Crippen LogP contribution in [0.4, 0.5) is 0 Å². The first-order valence-electron chi connectivity index (χ1n) is 6.25. The predicted molar refractivity (Wildman–Crippen MR) is 68.0 cm³/mol. The van der Waals surface area contributed by atoms with Gasteiger partial charge in [-0.2, -0.15) is 10.1 Å². The lowest BCUT2D eigenvalue weighted by molar-refractivity contribution is 0.368. The molecule has 18 heavy (non-hydrogen) atoms. The highest BCUT2D eigenvalue weighted by molar-refractivity contribution is 5.46. The van der Waals surface area contributed by atoms with Gasteiger partial charge in [0, 0.05) is 25.7 Å². The zero-order valence-electron chi connectivity index (χ0n) is 11.1. The second kappa shape index (κ2) is 5.77. The van der Waals surface area contributed by atoms with Crippen molar-refractivity contribution < 1.29 is 4.52 Å². The van der Waals surface area contributed by atoms with Crippen molar-refractivity contribution in [1.29, 1.82) is 0 Å². The summed E-state index contributed by atoms with van der Waals surface area (Å²) in [6.45, 7) is 5.23. The minimum atomic E-state index is 0.459. The lowest BCUT2D eigenvalue weighted by Crippen LogP contribution is -2.25. The summed E-state index contributed by atoms with van der Waals surface area (Å²) in [6, 6.07) is 2.33. The van der Waals surface area contributed by atoms with Gasteiger partial charge in [0.1, 0.15) is 5.69 Å². The lowest BCUT2D eigenvalue weighted by Gasteiger charge is -2.09. The molecule has 6 nitrogen and oxygen atoms in total. The van der Waals surface area contributed by atoms with Crippen LogP contribution in [0.2, 0.25) is 0 Å². The largest absolute Gasteiger partial charge is 0.339 e. The van der Waals surface area contributed by atoms with Crippen LogP contribution in [0.25, 0.3) is 11.5 Å². The summed E-state index contributed by atoms with van der Waals surface area (Å²) in [5.74, 6) is 1.22. The zero-order valence-corrected chi connectivity index (χ0v) is 11.1. The van der Waals surface area contributed by atoms with Crippen molar-refractivity contribution in [1.82, 2.24) is 25.2 Å². The summed E-state index contributed by atoms with van der Waals surface area (Å²) in [5, 5.41) is 11.5. The van der Waals surface area contributed by atoms with E-state index in [0.717, 1.165) is 25.1 Å². The molecule has 0 saturated carbocycles. The molecule has 2 heterocycles. The molecular formula is C12H19N5O. The van der Waals surface area contributed by atoms with Gasteiger partial charge in [-0.15, -0.1) is 0 Å². The number of nitrogens with one attached hydrogen (secondary N) is 1. The molecule has 0 amide bonds. The Balaban J connectivity index is 1.94. The van der Waals surface area contributed by atoms with Gasteiger partial charge in [0.25, 0.3) is 0 Å². The van der Waals surface area contributed by atoms with Gasteiger partial charge in [-0.05, 0) is 26.0 Å². The molecule has 2 rings (SSSR count). The third-order valence-electron chi connectivity index (χ3n) is 2.75. The Bertz CT molecular complexity index is 490. The van der Waals surface area contributed by atoms with Crippen LogP contribution in [-0.4, -0.2) is 32.5 Å². The molecular weight excluding hydrogens is 230 g/mol. The average molecular weight is 249 g/mol. The molecule has 1 N–H and O–H groups in total. The van der Waals surface area contributed by atoms with Gasteiger partial charge in [-0.3, -0.25) is 4.68 Å². The molecule has 0 aliphatic heterocycles. The van der Waals surface area contributed by atoms with Crippen LogP contribution in [0, 0.1) is 0 Å². The van der Waals surface area contributed by atoms with Gasteiger partial charge in [0.2, 0.25) is 11.7 Å². The van der Waals surface area contributed by atoms with Crippen molar-refractivity contribution >= 4 is 0 Å². The summed E-state index contributed by atoms with van der Waals surface area (Å²) >= 11 is 0. The first kappa shape index (κ1) is 12.8. The molecule has 6 heteroatoms. The molecule has 0 radical (unpaired) electrons. The Morgan fingerprint density at radius 3 is 3.00 bits per heavy atom. The molecule has 1 unspecified atom stereocenters. The van der Waals surface area contributed by atoms with Crippen LogP contribution < -0.4 is 5.32 Å². The van der Waals surface area contributed by atoms with E-state index in [-0.39, 0.29) is 0 Å². The standard InChI is InChI=1S/C12H19N5O/c1-4-13-9(2)5-6-11-14-12(16-18-11)10-7-8-17(3)15-10/h7-9,13H,4-6H2,1-3H3. The van der Waals surface area contributed by atoms with E-state index < -0.39 is 0 Å². The van der Waals surface area contributed by atoms with E-state index in [2.05, 4.69) is 34.4 Å². The monoisotopic (exact) mass is 249 g/mol. The molecule has 0 aliphatic rings. The molecule has 0 aromatic carbocycles. The van der Waals surface area contributed by atoms with E-state index in [9.17, 15) is 0 Å². The second-order valence-electron chi connectivity index (χ2n) is 4.38. The molecule has 2 aromatic heterocycles. The van der Waals surface area contributed by atoms with Crippen LogP contribution >= 0.6 is 0 Å². The fourth-order valence-electron chi connectivity index (χ4n) is 1.79. The Labute approximate surface area is 106 Å². The summed E-state index contributed by atoms with van der Waals surface area (Å²) in [5.41, 5.74) is 0.743. The van der Waals surface area contributed by atoms with Crippen molar-refractivity contribution in [3.8, 4) is 11.5 Å². The molecule has 0 fully saturated rings. The Morgan fingerprint density at radius 1 is 1.50 bits per heavy atom. The summed E-state index contributed by atoms with van der Waals surface area (Å²) in [6.07, 6.45) is 3.63. The van der Waals surface area contributed by atoms with Gasteiger partial charge in [0.05, 0.1) is 0 Å². The number of nitrogens with zero attached hydrogens (tertiary/aromatic N) is 4. The fraction of sp³-hybridized carbons (Fsp3) is 0.583. The van der Waals surface area contributed by atoms with E-state index in [1.54, 1.807) is 4.68 Å². The number of hydrogen-bond acceptors (Lipinski definition) is 5. The summed E-state index contributed by atoms with van der Waals surface area (Å²) in [7, 11) is 1.86. The number of rotatable bonds is 6. The topological polar surface area (TPSA) is 68.8 Å². The Kier molecular flexibility index (Phi) is 4.09. The van der Waals surface area contributed by atoms with Crippen molar-refractivity contribution in [2.75, 3.05) is 6.54 Å². The second-order valence-corrected chi connectivity index (χ2v) is 4.38. The Morgan fingerprint density at radius 2 is 2.33 bits per heavy atom. The van der Waals surface area contributed by atoms with Crippen LogP contribution in [0.15, 0.2) is 16.8 Å². The maximum Gasteiger partial charge on any atom is 0.227 e. The maximum absolute atomic E-state index is 5.22. The quantitative estimate of drug-likeness (QED) is 0.838. The minimum absolute atomic E-state index is 0.459. The molecule has 0 bridgehead atoms. The molecule has 2 aromatic rings. The zero-order chi connectivity index (χ0) is 13.0. The molecule has 0 saturated heterocycles. The third kappa shape index (κ3) is 3.16. The van der Waals surface area contributed by atoms with E-state index in [4.69, 9.17) is 4.52 Å². The summed E-state index contributed by atoms with van der Waals surface area (Å²) < 4.78 is 6.94.